The van der Waals surface area contributed by atoms with Gasteiger partial charge in [-0.15, -0.1) is 5.10 Å². The number of nitrogens with one attached hydrogen (secondary N) is 1. The zero-order valence-corrected chi connectivity index (χ0v) is 17.6. The van der Waals surface area contributed by atoms with Crippen molar-refractivity contribution >= 4 is 11.7 Å². The quantitative estimate of drug-likeness (QED) is 0.549. The Morgan fingerprint density at radius 3 is 2.68 bits per heavy atom. The molecule has 0 aliphatic carbocycles. The molecule has 1 amide bonds. The van der Waals surface area contributed by atoms with Gasteiger partial charge in [0.1, 0.15) is 5.82 Å². The summed E-state index contributed by atoms with van der Waals surface area (Å²) in [6, 6.07) is 16.1. The number of amides is 1. The van der Waals surface area contributed by atoms with Gasteiger partial charge in [-0.05, 0) is 31.9 Å². The molecule has 1 aliphatic heterocycles. The third-order valence-corrected chi connectivity index (χ3v) is 5.72. The molecule has 31 heavy (non-hydrogen) atoms. The molecule has 7 heteroatoms. The predicted molar refractivity (Wildman–Crippen MR) is 118 cm³/mol. The van der Waals surface area contributed by atoms with E-state index in [2.05, 4.69) is 52.5 Å². The zero-order chi connectivity index (χ0) is 21.5. The van der Waals surface area contributed by atoms with Crippen LogP contribution >= 0.6 is 0 Å². The lowest BCUT2D eigenvalue weighted by molar-refractivity contribution is -0.116. The van der Waals surface area contributed by atoms with Crippen molar-refractivity contribution in [2.45, 2.75) is 33.1 Å². The van der Waals surface area contributed by atoms with E-state index in [4.69, 9.17) is 5.10 Å². The van der Waals surface area contributed by atoms with Gasteiger partial charge in [-0.2, -0.15) is 14.9 Å². The largest absolute Gasteiger partial charge is 0.310 e. The Morgan fingerprint density at radius 2 is 1.87 bits per heavy atom. The number of carbonyl (C=O) groups excluding carboxylic acids is 1. The number of rotatable bonds is 3. The van der Waals surface area contributed by atoms with E-state index in [1.165, 1.54) is 5.56 Å². The van der Waals surface area contributed by atoms with Crippen molar-refractivity contribution in [1.82, 2.24) is 25.0 Å². The first-order valence-electron chi connectivity index (χ1n) is 10.2. The molecular formula is C24H22N6O. The first-order valence-corrected chi connectivity index (χ1v) is 10.2. The second-order valence-electron chi connectivity index (χ2n) is 7.93. The molecule has 0 fully saturated rings. The maximum Gasteiger partial charge on any atom is 0.272 e. The molecule has 0 unspecified atom stereocenters. The average Bonchev–Trinajstić information content (AvgIpc) is 3.12. The van der Waals surface area contributed by atoms with E-state index in [1.54, 1.807) is 10.9 Å². The second-order valence-corrected chi connectivity index (χ2v) is 7.93. The molecule has 2 aromatic heterocycles. The van der Waals surface area contributed by atoms with Gasteiger partial charge in [-0.3, -0.25) is 4.79 Å². The predicted octanol–water partition coefficient (Wildman–Crippen LogP) is 4.12. The summed E-state index contributed by atoms with van der Waals surface area (Å²) in [6.45, 7) is 6.11. The summed E-state index contributed by atoms with van der Waals surface area (Å²) in [7, 11) is 0. The van der Waals surface area contributed by atoms with Crippen LogP contribution in [-0.4, -0.2) is 30.9 Å². The Morgan fingerprint density at radius 1 is 1.06 bits per heavy atom. The van der Waals surface area contributed by atoms with Crippen molar-refractivity contribution in [3.05, 3.63) is 82.7 Å². The van der Waals surface area contributed by atoms with Crippen LogP contribution in [0.5, 0.6) is 0 Å². The number of fused-ring (bicyclic) bond motifs is 1. The van der Waals surface area contributed by atoms with Gasteiger partial charge in [0.25, 0.3) is 5.95 Å². The first kappa shape index (κ1) is 19.1. The van der Waals surface area contributed by atoms with E-state index in [-0.39, 0.29) is 11.8 Å². The summed E-state index contributed by atoms with van der Waals surface area (Å²) in [5.41, 5.74) is 6.95. The Balaban J connectivity index is 1.65. The van der Waals surface area contributed by atoms with E-state index in [0.717, 1.165) is 27.9 Å². The van der Waals surface area contributed by atoms with Crippen LogP contribution in [-0.2, 0) is 4.79 Å². The maximum atomic E-state index is 12.7. The van der Waals surface area contributed by atoms with E-state index >= 15 is 0 Å². The molecule has 2 aromatic carbocycles. The van der Waals surface area contributed by atoms with E-state index in [1.807, 2.05) is 37.3 Å². The van der Waals surface area contributed by atoms with Crippen LogP contribution in [0.15, 0.2) is 54.7 Å². The Bertz CT molecular complexity index is 1290. The van der Waals surface area contributed by atoms with E-state index in [9.17, 15) is 4.79 Å². The maximum absolute atomic E-state index is 12.7. The van der Waals surface area contributed by atoms with Crippen LogP contribution in [0, 0.1) is 20.8 Å². The number of benzene rings is 2. The van der Waals surface area contributed by atoms with Gasteiger partial charge in [0.15, 0.2) is 0 Å². The highest BCUT2D eigenvalue weighted by Crippen LogP contribution is 2.41. The minimum Gasteiger partial charge on any atom is -0.310 e. The molecule has 7 nitrogen and oxygen atoms in total. The highest BCUT2D eigenvalue weighted by Gasteiger charge is 2.34. The summed E-state index contributed by atoms with van der Waals surface area (Å²) in [5, 5.41) is 16.0. The van der Waals surface area contributed by atoms with E-state index in [0.29, 0.717) is 23.9 Å². The van der Waals surface area contributed by atoms with Crippen molar-refractivity contribution in [1.29, 1.82) is 0 Å². The summed E-state index contributed by atoms with van der Waals surface area (Å²) in [6.07, 6.45) is 2.01. The molecule has 1 N–H and O–H groups in total. The Hall–Kier alpha value is -3.87. The van der Waals surface area contributed by atoms with Crippen molar-refractivity contribution in [2.24, 2.45) is 0 Å². The normalized spacial score (nSPS) is 15.5. The SMILES string of the molecule is Cc1ccc(C)c([C@@H]2CC(=O)Nc3c2c(C)nn3-c2nncc(-c3ccccc3)n2)c1. The Kier molecular flexibility index (Phi) is 4.58. The van der Waals surface area contributed by atoms with Crippen LogP contribution < -0.4 is 5.32 Å². The van der Waals surface area contributed by atoms with Gasteiger partial charge < -0.3 is 5.32 Å². The number of nitrogens with zero attached hydrogens (tertiary/aromatic N) is 5. The van der Waals surface area contributed by atoms with Gasteiger partial charge in [-0.1, -0.05) is 54.1 Å². The smallest absolute Gasteiger partial charge is 0.272 e. The summed E-state index contributed by atoms with van der Waals surface area (Å²) in [5.74, 6) is 0.827. The number of aryl methyl sites for hydroxylation is 3. The number of hydrogen-bond acceptors (Lipinski definition) is 5. The first-order chi connectivity index (χ1) is 15.0. The monoisotopic (exact) mass is 410 g/mol. The van der Waals surface area contributed by atoms with Crippen LogP contribution in [0.4, 0.5) is 5.82 Å². The van der Waals surface area contributed by atoms with Crippen molar-refractivity contribution < 1.29 is 4.79 Å². The fourth-order valence-corrected chi connectivity index (χ4v) is 4.22. The highest BCUT2D eigenvalue weighted by atomic mass is 16.1. The van der Waals surface area contributed by atoms with Gasteiger partial charge in [0.05, 0.1) is 17.6 Å². The molecule has 5 rings (SSSR count). The lowest BCUT2D eigenvalue weighted by Gasteiger charge is -2.25. The molecule has 4 aromatic rings. The van der Waals surface area contributed by atoms with Crippen molar-refractivity contribution in [3.63, 3.8) is 0 Å². The van der Waals surface area contributed by atoms with Crippen molar-refractivity contribution in [2.75, 3.05) is 5.32 Å². The standard InChI is InChI=1S/C24H22N6O/c1-14-9-10-15(2)18(11-14)19-12-21(31)27-23-22(19)16(3)29-30(23)24-26-20(13-25-28-24)17-7-5-4-6-8-17/h4-11,13,19H,12H2,1-3H3,(H,27,31)/t19-/m0/s1. The minimum absolute atomic E-state index is 0.0493. The van der Waals surface area contributed by atoms with Crippen LogP contribution in [0.2, 0.25) is 0 Å². The van der Waals surface area contributed by atoms with Crippen LogP contribution in [0.3, 0.4) is 0 Å². The van der Waals surface area contributed by atoms with Crippen molar-refractivity contribution in [3.8, 4) is 17.2 Å². The number of hydrogen-bond donors (Lipinski definition) is 1. The highest BCUT2D eigenvalue weighted by molar-refractivity contribution is 5.95. The molecule has 1 aliphatic rings. The lowest BCUT2D eigenvalue weighted by atomic mass is 9.83. The zero-order valence-electron chi connectivity index (χ0n) is 17.6. The average molecular weight is 410 g/mol. The fraction of sp³-hybridized carbons (Fsp3) is 0.208. The molecule has 0 bridgehead atoms. The van der Waals surface area contributed by atoms with Crippen LogP contribution in [0.1, 0.15) is 40.3 Å². The lowest BCUT2D eigenvalue weighted by Crippen LogP contribution is -2.25. The summed E-state index contributed by atoms with van der Waals surface area (Å²) < 4.78 is 1.60. The molecule has 3 heterocycles. The third-order valence-electron chi connectivity index (χ3n) is 5.72. The van der Waals surface area contributed by atoms with E-state index < -0.39 is 0 Å². The molecule has 1 atom stereocenters. The molecule has 154 valence electrons. The number of aromatic nitrogens is 5. The van der Waals surface area contributed by atoms with Gasteiger partial charge in [0, 0.05) is 23.5 Å². The topological polar surface area (TPSA) is 85.6 Å². The number of carbonyl (C=O) groups is 1. The van der Waals surface area contributed by atoms with Gasteiger partial charge >= 0.3 is 0 Å². The molecule has 0 saturated carbocycles. The summed E-state index contributed by atoms with van der Waals surface area (Å²) in [4.78, 5) is 17.3. The summed E-state index contributed by atoms with van der Waals surface area (Å²) >= 11 is 0. The van der Waals surface area contributed by atoms with Crippen LogP contribution in [0.25, 0.3) is 17.2 Å². The molecule has 0 saturated heterocycles. The fourth-order valence-electron chi connectivity index (χ4n) is 4.22. The van der Waals surface area contributed by atoms with Gasteiger partial charge in [-0.25, -0.2) is 4.98 Å². The minimum atomic E-state index is -0.0670. The van der Waals surface area contributed by atoms with Gasteiger partial charge in [0.2, 0.25) is 5.91 Å². The second kappa shape index (κ2) is 7.43. The molecule has 0 radical (unpaired) electrons. The molecular weight excluding hydrogens is 388 g/mol. The third kappa shape index (κ3) is 3.38. The molecule has 0 spiro atoms. The number of anilines is 1. The Labute approximate surface area is 180 Å².